The molecule has 1 aromatic heterocycles. The summed E-state index contributed by atoms with van der Waals surface area (Å²) in [5.41, 5.74) is 5.75. The minimum atomic E-state index is -0.630. The molecule has 0 atom stereocenters. The zero-order valence-electron chi connectivity index (χ0n) is 12.0. The molecule has 0 spiro atoms. The van der Waals surface area contributed by atoms with Gasteiger partial charge < -0.3 is 15.1 Å². The van der Waals surface area contributed by atoms with Gasteiger partial charge in [0.1, 0.15) is 5.76 Å². The fraction of sp³-hybridized carbons (Fsp3) is 0.688. The molecular weight excluding hydrogens is 252 g/mol. The van der Waals surface area contributed by atoms with Gasteiger partial charge in [0.05, 0.1) is 18.3 Å². The molecule has 1 aromatic rings. The van der Waals surface area contributed by atoms with Crippen molar-refractivity contribution in [2.75, 3.05) is 0 Å². The Balaban J connectivity index is 1.78. The van der Waals surface area contributed by atoms with E-state index >= 15 is 0 Å². The van der Waals surface area contributed by atoms with Crippen molar-refractivity contribution in [1.82, 2.24) is 4.90 Å². The molecule has 2 aliphatic rings. The van der Waals surface area contributed by atoms with Crippen molar-refractivity contribution in [1.29, 1.82) is 0 Å². The van der Waals surface area contributed by atoms with E-state index < -0.39 is 5.54 Å². The third kappa shape index (κ3) is 2.62. The molecule has 4 heteroatoms. The number of hydrogen-bond donors (Lipinski definition) is 1. The van der Waals surface area contributed by atoms with Gasteiger partial charge in [-0.05, 0) is 37.8 Å². The largest absolute Gasteiger partial charge is 0.467 e. The molecule has 0 aromatic carbocycles. The van der Waals surface area contributed by atoms with E-state index in [1.165, 1.54) is 12.8 Å². The molecule has 0 bridgehead atoms. The molecule has 0 radical (unpaired) electrons. The van der Waals surface area contributed by atoms with E-state index in [9.17, 15) is 4.79 Å². The highest BCUT2D eigenvalue weighted by Gasteiger charge is 2.42. The van der Waals surface area contributed by atoms with Gasteiger partial charge in [-0.2, -0.15) is 0 Å². The van der Waals surface area contributed by atoms with E-state index in [1.54, 1.807) is 6.26 Å². The quantitative estimate of drug-likeness (QED) is 0.920. The van der Waals surface area contributed by atoms with Crippen molar-refractivity contribution in [3.63, 3.8) is 0 Å². The minimum Gasteiger partial charge on any atom is -0.467 e. The predicted octanol–water partition coefficient (Wildman–Crippen LogP) is 2.82. The van der Waals surface area contributed by atoms with Gasteiger partial charge in [0.15, 0.2) is 0 Å². The molecule has 20 heavy (non-hydrogen) atoms. The van der Waals surface area contributed by atoms with Crippen LogP contribution >= 0.6 is 0 Å². The zero-order valence-corrected chi connectivity index (χ0v) is 12.0. The van der Waals surface area contributed by atoms with Gasteiger partial charge in [-0.25, -0.2) is 0 Å². The molecule has 1 heterocycles. The van der Waals surface area contributed by atoms with E-state index in [2.05, 4.69) is 0 Å². The second-order valence-electron chi connectivity index (χ2n) is 6.31. The Morgan fingerprint density at radius 3 is 2.60 bits per heavy atom. The van der Waals surface area contributed by atoms with Crippen LogP contribution in [0.2, 0.25) is 0 Å². The van der Waals surface area contributed by atoms with Gasteiger partial charge >= 0.3 is 0 Å². The fourth-order valence-corrected chi connectivity index (χ4v) is 3.66. The van der Waals surface area contributed by atoms with Crippen molar-refractivity contribution in [3.8, 4) is 0 Å². The normalized spacial score (nSPS) is 22.2. The molecule has 2 aliphatic carbocycles. The molecular formula is C16H24N2O2. The predicted molar refractivity (Wildman–Crippen MR) is 76.9 cm³/mol. The number of furan rings is 1. The van der Waals surface area contributed by atoms with Gasteiger partial charge in [0.2, 0.25) is 5.91 Å². The summed E-state index contributed by atoms with van der Waals surface area (Å²) in [7, 11) is 0. The lowest BCUT2D eigenvalue weighted by molar-refractivity contribution is -0.140. The number of carbonyl (C=O) groups is 1. The third-order valence-electron chi connectivity index (χ3n) is 4.85. The maximum Gasteiger partial charge on any atom is 0.243 e. The Labute approximate surface area is 120 Å². The maximum absolute atomic E-state index is 12.9. The van der Waals surface area contributed by atoms with Crippen LogP contribution in [0.25, 0.3) is 0 Å². The first-order valence-electron chi connectivity index (χ1n) is 7.81. The number of nitrogens with two attached hydrogens (primary N) is 1. The SMILES string of the molecule is NC1(C(=O)N(Cc2ccco2)C2CCCC2)CCCC1. The molecule has 2 N–H and O–H groups in total. The number of nitrogens with zero attached hydrogens (tertiary/aromatic N) is 1. The Bertz CT molecular complexity index is 443. The lowest BCUT2D eigenvalue weighted by Crippen LogP contribution is -2.55. The van der Waals surface area contributed by atoms with E-state index in [-0.39, 0.29) is 5.91 Å². The first-order valence-corrected chi connectivity index (χ1v) is 7.81. The summed E-state index contributed by atoms with van der Waals surface area (Å²) in [5.74, 6) is 0.991. The van der Waals surface area contributed by atoms with Crippen molar-refractivity contribution in [3.05, 3.63) is 24.2 Å². The van der Waals surface area contributed by atoms with Crippen molar-refractivity contribution >= 4 is 5.91 Å². The van der Waals surface area contributed by atoms with Gasteiger partial charge in [0.25, 0.3) is 0 Å². The summed E-state index contributed by atoms with van der Waals surface area (Å²) < 4.78 is 5.43. The monoisotopic (exact) mass is 276 g/mol. The van der Waals surface area contributed by atoms with Crippen LogP contribution in [0.4, 0.5) is 0 Å². The smallest absolute Gasteiger partial charge is 0.243 e. The Kier molecular flexibility index (Phi) is 3.83. The standard InChI is InChI=1S/C16H24N2O2/c17-16(9-3-4-10-16)15(19)18(13-6-1-2-7-13)12-14-8-5-11-20-14/h5,8,11,13H,1-4,6-7,9-10,12,17H2. The molecule has 1 amide bonds. The van der Waals surface area contributed by atoms with Gasteiger partial charge in [-0.3, -0.25) is 4.79 Å². The van der Waals surface area contributed by atoms with Crippen LogP contribution in [0.15, 0.2) is 22.8 Å². The average molecular weight is 276 g/mol. The second kappa shape index (κ2) is 5.60. The third-order valence-corrected chi connectivity index (χ3v) is 4.85. The number of carbonyl (C=O) groups excluding carboxylic acids is 1. The first kappa shape index (κ1) is 13.7. The summed E-state index contributed by atoms with van der Waals surface area (Å²) in [6, 6.07) is 4.15. The van der Waals surface area contributed by atoms with Crippen molar-refractivity contribution < 1.29 is 9.21 Å². The van der Waals surface area contributed by atoms with Crippen LogP contribution < -0.4 is 5.73 Å². The number of hydrogen-bond acceptors (Lipinski definition) is 3. The molecule has 0 saturated heterocycles. The second-order valence-corrected chi connectivity index (χ2v) is 6.31. The lowest BCUT2D eigenvalue weighted by Gasteiger charge is -2.35. The van der Waals surface area contributed by atoms with Crippen LogP contribution in [-0.4, -0.2) is 22.4 Å². The summed E-state index contributed by atoms with van der Waals surface area (Å²) in [5, 5.41) is 0. The highest BCUT2D eigenvalue weighted by Crippen LogP contribution is 2.33. The van der Waals surface area contributed by atoms with Gasteiger partial charge in [0, 0.05) is 6.04 Å². The molecule has 110 valence electrons. The van der Waals surface area contributed by atoms with Crippen molar-refractivity contribution in [2.45, 2.75) is 69.5 Å². The summed E-state index contributed by atoms with van der Waals surface area (Å²) in [6.45, 7) is 0.565. The lowest BCUT2D eigenvalue weighted by atomic mass is 9.96. The van der Waals surface area contributed by atoms with Gasteiger partial charge in [-0.15, -0.1) is 0 Å². The number of rotatable bonds is 4. The highest BCUT2D eigenvalue weighted by molar-refractivity contribution is 5.86. The summed E-state index contributed by atoms with van der Waals surface area (Å²) >= 11 is 0. The minimum absolute atomic E-state index is 0.137. The molecule has 4 nitrogen and oxygen atoms in total. The van der Waals surface area contributed by atoms with Crippen LogP contribution in [0.3, 0.4) is 0 Å². The van der Waals surface area contributed by atoms with E-state index in [1.807, 2.05) is 17.0 Å². The van der Waals surface area contributed by atoms with E-state index in [0.29, 0.717) is 12.6 Å². The van der Waals surface area contributed by atoms with E-state index in [4.69, 9.17) is 10.2 Å². The van der Waals surface area contributed by atoms with Crippen LogP contribution in [0, 0.1) is 0 Å². The Morgan fingerprint density at radius 1 is 1.30 bits per heavy atom. The Hall–Kier alpha value is -1.29. The molecule has 0 aliphatic heterocycles. The Morgan fingerprint density at radius 2 is 2.00 bits per heavy atom. The average Bonchev–Trinajstić information content (AvgIpc) is 3.18. The molecule has 2 fully saturated rings. The molecule has 3 rings (SSSR count). The van der Waals surface area contributed by atoms with Crippen LogP contribution in [-0.2, 0) is 11.3 Å². The van der Waals surface area contributed by atoms with E-state index in [0.717, 1.165) is 44.3 Å². The summed E-state index contributed by atoms with van der Waals surface area (Å²) in [4.78, 5) is 14.9. The topological polar surface area (TPSA) is 59.5 Å². The number of amides is 1. The van der Waals surface area contributed by atoms with Gasteiger partial charge in [-0.1, -0.05) is 25.7 Å². The zero-order chi connectivity index (χ0) is 14.0. The van der Waals surface area contributed by atoms with Crippen molar-refractivity contribution in [2.24, 2.45) is 5.73 Å². The molecule has 2 saturated carbocycles. The first-order chi connectivity index (χ1) is 9.69. The fourth-order valence-electron chi connectivity index (χ4n) is 3.66. The highest BCUT2D eigenvalue weighted by atomic mass is 16.3. The maximum atomic E-state index is 12.9. The van der Waals surface area contributed by atoms with Crippen LogP contribution in [0.5, 0.6) is 0 Å². The molecule has 0 unspecified atom stereocenters. The van der Waals surface area contributed by atoms with Crippen LogP contribution in [0.1, 0.15) is 57.1 Å². The summed E-state index contributed by atoms with van der Waals surface area (Å²) in [6.07, 6.45) is 10.1.